The summed E-state index contributed by atoms with van der Waals surface area (Å²) >= 11 is 5.85. The van der Waals surface area contributed by atoms with Crippen molar-refractivity contribution in [1.29, 1.82) is 0 Å². The highest BCUT2D eigenvalue weighted by Crippen LogP contribution is 2.28. The van der Waals surface area contributed by atoms with Gasteiger partial charge < -0.3 is 10.6 Å². The van der Waals surface area contributed by atoms with Crippen LogP contribution in [0.25, 0.3) is 0 Å². The summed E-state index contributed by atoms with van der Waals surface area (Å²) in [5, 5.41) is 0.602. The maximum absolute atomic E-state index is 5.95. The first-order valence-electron chi connectivity index (χ1n) is 5.86. The van der Waals surface area contributed by atoms with Crippen molar-refractivity contribution in [3.63, 3.8) is 0 Å². The molecule has 1 unspecified atom stereocenters. The highest BCUT2D eigenvalue weighted by Gasteiger charge is 2.20. The molecule has 3 nitrogen and oxygen atoms in total. The quantitative estimate of drug-likeness (QED) is 0.863. The lowest BCUT2D eigenvalue weighted by molar-refractivity contribution is 0.403. The molecule has 88 valence electrons. The van der Waals surface area contributed by atoms with Crippen LogP contribution in [0, 0.1) is 5.92 Å². The molecule has 1 aliphatic heterocycles. The van der Waals surface area contributed by atoms with E-state index in [-0.39, 0.29) is 0 Å². The van der Waals surface area contributed by atoms with Gasteiger partial charge in [0.25, 0.3) is 0 Å². The molecule has 1 aliphatic rings. The SMILES string of the molecule is CCC1CCCN(c2ncc(Cl)cc2N)C1. The first-order chi connectivity index (χ1) is 7.70. The minimum absolute atomic E-state index is 0.602. The summed E-state index contributed by atoms with van der Waals surface area (Å²) in [6.07, 6.45) is 5.44. The van der Waals surface area contributed by atoms with Crippen LogP contribution in [0.1, 0.15) is 26.2 Å². The summed E-state index contributed by atoms with van der Waals surface area (Å²) in [4.78, 5) is 6.62. The average Bonchev–Trinajstić information content (AvgIpc) is 2.29. The minimum atomic E-state index is 0.602. The molecular weight excluding hydrogens is 222 g/mol. The van der Waals surface area contributed by atoms with Gasteiger partial charge in [0.15, 0.2) is 5.82 Å². The molecule has 1 saturated heterocycles. The smallest absolute Gasteiger partial charge is 0.151 e. The van der Waals surface area contributed by atoms with E-state index in [0.717, 1.165) is 24.8 Å². The van der Waals surface area contributed by atoms with Crippen molar-refractivity contribution in [3.05, 3.63) is 17.3 Å². The molecule has 0 bridgehead atoms. The number of halogens is 1. The number of nitrogen functional groups attached to an aromatic ring is 1. The van der Waals surface area contributed by atoms with Crippen LogP contribution in [-0.2, 0) is 0 Å². The molecule has 2 N–H and O–H groups in total. The van der Waals surface area contributed by atoms with Crippen molar-refractivity contribution in [2.75, 3.05) is 23.7 Å². The van der Waals surface area contributed by atoms with Crippen molar-refractivity contribution in [2.24, 2.45) is 5.92 Å². The van der Waals surface area contributed by atoms with Crippen molar-refractivity contribution < 1.29 is 0 Å². The normalized spacial score (nSPS) is 21.1. The predicted octanol–water partition coefficient (Wildman–Crippen LogP) is 2.94. The second-order valence-corrected chi connectivity index (χ2v) is 4.87. The zero-order valence-corrected chi connectivity index (χ0v) is 10.4. The van der Waals surface area contributed by atoms with Crippen LogP contribution in [0.4, 0.5) is 11.5 Å². The number of hydrogen-bond donors (Lipinski definition) is 1. The number of anilines is 2. The van der Waals surface area contributed by atoms with Crippen molar-refractivity contribution in [3.8, 4) is 0 Å². The molecule has 4 heteroatoms. The molecule has 2 rings (SSSR count). The lowest BCUT2D eigenvalue weighted by Gasteiger charge is -2.33. The summed E-state index contributed by atoms with van der Waals surface area (Å²) in [7, 11) is 0. The van der Waals surface area contributed by atoms with Crippen LogP contribution in [0.5, 0.6) is 0 Å². The molecule has 0 spiro atoms. The maximum atomic E-state index is 5.95. The highest BCUT2D eigenvalue weighted by atomic mass is 35.5. The molecular formula is C12H18ClN3. The molecule has 1 fully saturated rings. The van der Waals surface area contributed by atoms with Gasteiger partial charge in [0.1, 0.15) is 0 Å². The minimum Gasteiger partial charge on any atom is -0.396 e. The molecule has 0 amide bonds. The van der Waals surface area contributed by atoms with E-state index in [2.05, 4.69) is 16.8 Å². The van der Waals surface area contributed by atoms with E-state index < -0.39 is 0 Å². The van der Waals surface area contributed by atoms with E-state index in [9.17, 15) is 0 Å². The van der Waals surface area contributed by atoms with Crippen LogP contribution in [0.15, 0.2) is 12.3 Å². The van der Waals surface area contributed by atoms with Gasteiger partial charge in [0.2, 0.25) is 0 Å². The molecule has 1 aromatic heterocycles. The number of nitrogens with two attached hydrogens (primary N) is 1. The van der Waals surface area contributed by atoms with E-state index in [1.807, 2.05) is 0 Å². The molecule has 16 heavy (non-hydrogen) atoms. The van der Waals surface area contributed by atoms with Crippen molar-refractivity contribution >= 4 is 23.1 Å². The van der Waals surface area contributed by atoms with Gasteiger partial charge in [-0.1, -0.05) is 24.9 Å². The van der Waals surface area contributed by atoms with Crippen LogP contribution in [0.3, 0.4) is 0 Å². The number of rotatable bonds is 2. The van der Waals surface area contributed by atoms with Crippen LogP contribution < -0.4 is 10.6 Å². The lowest BCUT2D eigenvalue weighted by atomic mass is 9.95. The summed E-state index contributed by atoms with van der Waals surface area (Å²) in [5.41, 5.74) is 6.64. The van der Waals surface area contributed by atoms with E-state index in [1.165, 1.54) is 19.3 Å². The molecule has 1 atom stereocenters. The topological polar surface area (TPSA) is 42.2 Å². The highest BCUT2D eigenvalue weighted by molar-refractivity contribution is 6.30. The van der Waals surface area contributed by atoms with Gasteiger partial charge in [-0.25, -0.2) is 4.98 Å². The number of nitrogens with zero attached hydrogens (tertiary/aromatic N) is 2. The van der Waals surface area contributed by atoms with Gasteiger partial charge in [-0.3, -0.25) is 0 Å². The number of hydrogen-bond acceptors (Lipinski definition) is 3. The zero-order chi connectivity index (χ0) is 11.5. The van der Waals surface area contributed by atoms with E-state index >= 15 is 0 Å². The molecule has 0 saturated carbocycles. The fourth-order valence-electron chi connectivity index (χ4n) is 2.30. The Morgan fingerprint density at radius 2 is 2.44 bits per heavy atom. The van der Waals surface area contributed by atoms with Gasteiger partial charge in [0.05, 0.1) is 10.7 Å². The fourth-order valence-corrected chi connectivity index (χ4v) is 2.47. The first-order valence-corrected chi connectivity index (χ1v) is 6.24. The second-order valence-electron chi connectivity index (χ2n) is 4.43. The molecule has 0 radical (unpaired) electrons. The summed E-state index contributed by atoms with van der Waals surface area (Å²) < 4.78 is 0. The van der Waals surface area contributed by atoms with E-state index in [0.29, 0.717) is 10.7 Å². The predicted molar refractivity (Wildman–Crippen MR) is 68.9 cm³/mol. The fraction of sp³-hybridized carbons (Fsp3) is 0.583. The Morgan fingerprint density at radius 3 is 3.12 bits per heavy atom. The van der Waals surface area contributed by atoms with Gasteiger partial charge in [-0.2, -0.15) is 0 Å². The van der Waals surface area contributed by atoms with E-state index in [1.54, 1.807) is 12.3 Å². The maximum Gasteiger partial charge on any atom is 0.151 e. The number of piperidine rings is 1. The Balaban J connectivity index is 2.16. The second kappa shape index (κ2) is 4.91. The lowest BCUT2D eigenvalue weighted by Crippen LogP contribution is -2.36. The summed E-state index contributed by atoms with van der Waals surface area (Å²) in [6, 6.07) is 1.78. The van der Waals surface area contributed by atoms with Crippen LogP contribution in [-0.4, -0.2) is 18.1 Å². The Morgan fingerprint density at radius 1 is 1.62 bits per heavy atom. The third kappa shape index (κ3) is 2.40. The number of aromatic nitrogens is 1. The average molecular weight is 240 g/mol. The zero-order valence-electron chi connectivity index (χ0n) is 9.62. The van der Waals surface area contributed by atoms with Crippen molar-refractivity contribution in [2.45, 2.75) is 26.2 Å². The monoisotopic (exact) mass is 239 g/mol. The Bertz CT molecular complexity index is 367. The standard InChI is InChI=1S/C12H18ClN3/c1-2-9-4-3-5-16(8-9)12-11(14)6-10(13)7-15-12/h6-7,9H,2-5,8,14H2,1H3. The third-order valence-corrected chi connectivity index (χ3v) is 3.46. The molecule has 0 aromatic carbocycles. The first kappa shape index (κ1) is 11.5. The number of pyridine rings is 1. The Labute approximate surface area is 102 Å². The van der Waals surface area contributed by atoms with Crippen LogP contribution in [0.2, 0.25) is 5.02 Å². The van der Waals surface area contributed by atoms with E-state index in [4.69, 9.17) is 17.3 Å². The van der Waals surface area contributed by atoms with Crippen LogP contribution >= 0.6 is 11.6 Å². The summed E-state index contributed by atoms with van der Waals surface area (Å²) in [5.74, 6) is 1.66. The Hall–Kier alpha value is -0.960. The largest absolute Gasteiger partial charge is 0.396 e. The summed E-state index contributed by atoms with van der Waals surface area (Å²) in [6.45, 7) is 4.36. The van der Waals surface area contributed by atoms with Gasteiger partial charge in [-0.15, -0.1) is 0 Å². The molecule has 2 heterocycles. The van der Waals surface area contributed by atoms with Gasteiger partial charge in [0, 0.05) is 19.3 Å². The van der Waals surface area contributed by atoms with Gasteiger partial charge in [-0.05, 0) is 24.8 Å². The molecule has 0 aliphatic carbocycles. The Kier molecular flexibility index (Phi) is 3.54. The van der Waals surface area contributed by atoms with Gasteiger partial charge >= 0.3 is 0 Å². The molecule has 1 aromatic rings. The van der Waals surface area contributed by atoms with Crippen molar-refractivity contribution in [1.82, 2.24) is 4.98 Å². The third-order valence-electron chi connectivity index (χ3n) is 3.26.